The predicted molar refractivity (Wildman–Crippen MR) is 487 cm³/mol. The van der Waals surface area contributed by atoms with Crippen molar-refractivity contribution in [3.8, 4) is 0 Å². The molecule has 128 heavy (non-hydrogen) atoms. The molecule has 12 aliphatic rings. The van der Waals surface area contributed by atoms with Gasteiger partial charge in [0.2, 0.25) is 17.3 Å². The van der Waals surface area contributed by atoms with Gasteiger partial charge in [0.25, 0.3) is 0 Å². The summed E-state index contributed by atoms with van der Waals surface area (Å²) >= 11 is 7.17. The summed E-state index contributed by atoms with van der Waals surface area (Å²) in [7, 11) is 0. The molecule has 6 heterocycles. The molecule has 22 atom stereocenters. The van der Waals surface area contributed by atoms with E-state index in [0.29, 0.717) is 57.8 Å². The summed E-state index contributed by atoms with van der Waals surface area (Å²) in [4.78, 5) is 135. The molecule has 12 aliphatic carbocycles. The summed E-state index contributed by atoms with van der Waals surface area (Å²) in [5.74, 6) is -1.66. The van der Waals surface area contributed by atoms with E-state index in [4.69, 9.17) is 37.4 Å². The van der Waals surface area contributed by atoms with Crippen LogP contribution in [0.3, 0.4) is 0 Å². The third-order valence-corrected chi connectivity index (χ3v) is 37.9. The van der Waals surface area contributed by atoms with E-state index in [1.807, 2.05) is 124 Å². The van der Waals surface area contributed by atoms with Crippen LogP contribution in [0, 0.1) is 91.7 Å². The second-order valence-electron chi connectivity index (χ2n) is 38.7. The molecule has 9 aromatic rings. The van der Waals surface area contributed by atoms with Gasteiger partial charge >= 0.3 is 17.9 Å². The first-order valence-corrected chi connectivity index (χ1v) is 49.2. The molecule has 6 aromatic heterocycles. The Morgan fingerprint density at radius 2 is 0.820 bits per heavy atom. The van der Waals surface area contributed by atoms with E-state index in [0.717, 1.165) is 93.9 Å². The number of benzene rings is 3. The maximum atomic E-state index is 14.5. The molecule has 0 radical (unpaired) electrons. The van der Waals surface area contributed by atoms with Gasteiger partial charge in [-0.2, -0.15) is 0 Å². The normalized spacial score (nSPS) is 35.5. The number of nitrogens with zero attached hydrogens (tertiary/aromatic N) is 3. The van der Waals surface area contributed by atoms with Gasteiger partial charge in [0, 0.05) is 55.6 Å². The fourth-order valence-electron chi connectivity index (χ4n) is 26.9. The number of esters is 3. The number of ketones is 6. The molecule has 15 unspecified atom stereocenters. The van der Waals surface area contributed by atoms with Gasteiger partial charge in [0.15, 0.2) is 60.2 Å². The van der Waals surface area contributed by atoms with Gasteiger partial charge in [-0.15, -0.1) is 22.7 Å². The molecule has 0 spiro atoms. The molecule has 9 fully saturated rings. The molecule has 3 aromatic carbocycles. The van der Waals surface area contributed by atoms with Gasteiger partial charge in [0.1, 0.15) is 0 Å². The summed E-state index contributed by atoms with van der Waals surface area (Å²) in [5, 5.41) is 37.5. The third kappa shape index (κ3) is 14.5. The SMILES string of the molecule is CC12C=CC(=O)C=C1CCC1C2[C@@H](O)CC2(C)C1CC[C@]2(OC(=O)c1ccco1)C(=O)CSc1ccc2ccccc2n1.CC12C=CC(=O)C=C1CCC1C2[C@@H](O)CC2(C)C1CC[C@]2(OC(=O)c1ccco1)C(=O)CSc1nc2ccccc2s1.C[C@H]1CC2C([C@@H](O)CC3(C)C2CC[C@]3(OC(=O)c2ccco2)C(=O)CSc2nc3ccccc3s2)C2(C)C=CC(=O)C=C12. The summed E-state index contributed by atoms with van der Waals surface area (Å²) in [6.45, 7) is 14.7. The van der Waals surface area contributed by atoms with Crippen LogP contribution < -0.4 is 0 Å². The molecule has 26 heteroatoms. The van der Waals surface area contributed by atoms with E-state index in [2.05, 4.69) is 32.7 Å². The first-order valence-electron chi connectivity index (χ1n) is 44.6. The van der Waals surface area contributed by atoms with E-state index in [1.54, 1.807) is 95.5 Å². The second-order valence-corrected chi connectivity index (χ2v) is 44.2. The number of thioether (sulfide) groups is 3. The van der Waals surface area contributed by atoms with Crippen LogP contribution in [-0.2, 0) is 43.0 Å². The van der Waals surface area contributed by atoms with Gasteiger partial charge in [-0.1, -0.05) is 167 Å². The van der Waals surface area contributed by atoms with Crippen LogP contribution in [-0.4, -0.2) is 135 Å². The summed E-state index contributed by atoms with van der Waals surface area (Å²) in [5.41, 5.74) is -2.00. The smallest absolute Gasteiger partial charge is 0.375 e. The van der Waals surface area contributed by atoms with Crippen LogP contribution in [0.15, 0.2) is 238 Å². The number of pyridine rings is 1. The Kier molecular flexibility index (Phi) is 22.9. The Hall–Kier alpha value is -9.51. The Morgan fingerprint density at radius 1 is 0.438 bits per heavy atom. The standard InChI is InChI=1S/C35H35NO6S.C34H35NO6S2.C33H33NO6S2/c1-33-15-13-23(37)18-22(33)10-11-24-25-14-16-35(34(25,2)19-27(38)31(24)33,42-32(40)28-8-5-17-41-28)29(39)20-43-30-12-9-21-6-3-4-7-26(21)36-30;1-19-15-21-22-11-13-34(41-30(39)26-8-6-14-40-26,28(38)18-42-31-35-24-7-4-5-9-27(24)43-31)33(22,3)17-25(37)29(21)32(2)12-10-20(36)16-23(19)32;1-31-13-11-20(35)16-19(31)9-10-21-22-12-14-33(32(22,2)17-24(36)28(21)31,40-29(38)25-7-5-15-39-25)27(37)18-41-30-34-23-6-3-4-8-26(23)42-30/h3-9,12-13,15,17-18,24-25,27,31,38H,10-11,14,16,19-20H2,1-2H3;4-10,12,14,16,19,21-22,25,29,37H,11,13,15,17-18H2,1-3H3;3-8,11,13,15-16,21-22,24,28,36H,9-10,12,14,17-18H2,1-2H3/t24?,25?,27-,31?,33?,34?,35-;19-,21?,22?,25-,29?,32?,33?,34-;21?,22?,24-,28?,31?,32?,33-/m000/s1. The zero-order valence-electron chi connectivity index (χ0n) is 72.3. The van der Waals surface area contributed by atoms with Crippen molar-refractivity contribution in [3.63, 3.8) is 0 Å². The van der Waals surface area contributed by atoms with Crippen LogP contribution in [0.5, 0.6) is 0 Å². The van der Waals surface area contributed by atoms with Crippen molar-refractivity contribution >= 4 is 142 Å². The van der Waals surface area contributed by atoms with Crippen LogP contribution in [0.2, 0.25) is 0 Å². The number of aromatic nitrogens is 3. The summed E-state index contributed by atoms with van der Waals surface area (Å²) < 4.78 is 38.7. The highest BCUT2D eigenvalue weighted by Crippen LogP contribution is 2.73. The Bertz CT molecular complexity index is 6090. The number of furan rings is 3. The molecule has 0 saturated heterocycles. The van der Waals surface area contributed by atoms with Crippen molar-refractivity contribution in [1.82, 2.24) is 15.0 Å². The van der Waals surface area contributed by atoms with E-state index < -0.39 is 85.5 Å². The summed E-state index contributed by atoms with van der Waals surface area (Å²) in [6.07, 6.45) is 26.3. The second kappa shape index (κ2) is 33.4. The number of allylic oxidation sites excluding steroid dienone is 12. The van der Waals surface area contributed by atoms with E-state index in [-0.39, 0.29) is 128 Å². The molecule has 21 nitrogen and oxygen atoms in total. The molecule has 21 rings (SSSR count). The molecule has 0 amide bonds. The zero-order chi connectivity index (χ0) is 89.4. The lowest BCUT2D eigenvalue weighted by atomic mass is 9.44. The number of carbonyl (C=O) groups excluding carboxylic acids is 9. The number of aliphatic hydroxyl groups is 3. The van der Waals surface area contributed by atoms with Crippen molar-refractivity contribution in [2.24, 2.45) is 91.7 Å². The number of fused-ring (bicyclic) bond motifs is 18. The molecular formula is C102H103N3O18S5. The maximum Gasteiger partial charge on any atom is 0.375 e. The van der Waals surface area contributed by atoms with Gasteiger partial charge in [0.05, 0.1) is 85.3 Å². The lowest BCUT2D eigenvalue weighted by molar-refractivity contribution is -0.178. The molecule has 9 saturated carbocycles. The average molecular weight is 1820 g/mol. The number of hydrogen-bond donors (Lipinski definition) is 3. The number of aliphatic hydroxyl groups excluding tert-OH is 3. The minimum Gasteiger partial charge on any atom is -0.457 e. The van der Waals surface area contributed by atoms with Gasteiger partial charge < -0.3 is 42.8 Å². The topological polar surface area (TPSA) is 320 Å². The number of thiazole rings is 2. The molecular weight excluding hydrogens is 1720 g/mol. The minimum atomic E-state index is -1.42. The monoisotopic (exact) mass is 1820 g/mol. The Morgan fingerprint density at radius 3 is 1.24 bits per heavy atom. The lowest BCUT2D eigenvalue weighted by Gasteiger charge is -2.61. The Labute approximate surface area is 762 Å². The highest BCUT2D eigenvalue weighted by molar-refractivity contribution is 8.02. The largest absolute Gasteiger partial charge is 0.457 e. The molecule has 664 valence electrons. The number of para-hydroxylation sites is 3. The third-order valence-electron chi connectivity index (χ3n) is 32.6. The number of hydrogen-bond acceptors (Lipinski definition) is 26. The minimum absolute atomic E-state index is 0.00277. The first kappa shape index (κ1) is 87.8. The van der Waals surface area contributed by atoms with E-state index >= 15 is 0 Å². The first-order chi connectivity index (χ1) is 61.3. The quantitative estimate of drug-likeness (QED) is 0.0408. The van der Waals surface area contributed by atoms with Gasteiger partial charge in [-0.25, -0.2) is 29.3 Å². The maximum absolute atomic E-state index is 14.5. The van der Waals surface area contributed by atoms with E-state index in [9.17, 15) is 58.5 Å². The van der Waals surface area contributed by atoms with Crippen LogP contribution in [0.4, 0.5) is 0 Å². The van der Waals surface area contributed by atoms with Gasteiger partial charge in [-0.3, -0.25) is 28.8 Å². The fourth-order valence-corrected chi connectivity index (χ4v) is 31.8. The van der Waals surface area contributed by atoms with Crippen molar-refractivity contribution in [1.29, 1.82) is 0 Å². The van der Waals surface area contributed by atoms with Crippen LogP contribution in [0.25, 0.3) is 31.3 Å². The summed E-state index contributed by atoms with van der Waals surface area (Å²) in [6, 6.07) is 37.0. The van der Waals surface area contributed by atoms with E-state index in [1.165, 1.54) is 54.1 Å². The van der Waals surface area contributed by atoms with Gasteiger partial charge in [-0.05, 0) is 241 Å². The number of carbonyl (C=O) groups is 9. The molecule has 3 N–H and O–H groups in total. The lowest BCUT2D eigenvalue weighted by Crippen LogP contribution is -2.63. The van der Waals surface area contributed by atoms with Crippen LogP contribution >= 0.6 is 58.0 Å². The van der Waals surface area contributed by atoms with Crippen molar-refractivity contribution < 1.29 is 85.9 Å². The average Bonchev–Trinajstić information content (AvgIpc) is 1.47. The Balaban J connectivity index is 0.000000125. The highest BCUT2D eigenvalue weighted by atomic mass is 32.2. The number of rotatable bonds is 18. The zero-order valence-corrected chi connectivity index (χ0v) is 76.4. The van der Waals surface area contributed by atoms with Crippen molar-refractivity contribution in [2.45, 2.75) is 187 Å². The molecule has 0 bridgehead atoms. The number of Topliss-reactive ketones (excluding diaryl/α,β-unsaturated/α-hetero) is 3. The fraction of sp³-hybridized carbons (Fsp3) is 0.451. The number of ether oxygens (including phenoxy) is 3. The van der Waals surface area contributed by atoms with Crippen molar-refractivity contribution in [2.75, 3.05) is 17.3 Å². The highest BCUT2D eigenvalue weighted by Gasteiger charge is 2.74. The predicted octanol–water partition coefficient (Wildman–Crippen LogP) is 19.5. The van der Waals surface area contributed by atoms with Crippen molar-refractivity contribution in [3.05, 3.63) is 229 Å². The molecule has 0 aliphatic heterocycles. The van der Waals surface area contributed by atoms with Crippen LogP contribution in [0.1, 0.15) is 170 Å².